The van der Waals surface area contributed by atoms with Gasteiger partial charge in [0, 0.05) is 75.8 Å². The number of halogens is 2. The van der Waals surface area contributed by atoms with E-state index in [9.17, 15) is 33.5 Å². The lowest BCUT2D eigenvalue weighted by molar-refractivity contribution is -0.145. The Morgan fingerprint density at radius 2 is 1.77 bits per heavy atom. The van der Waals surface area contributed by atoms with Crippen LogP contribution in [0.4, 0.5) is 21.7 Å². The minimum Gasteiger partial charge on any atom is -0.492 e. The average Bonchev–Trinajstić information content (AvgIpc) is 3.79. The van der Waals surface area contributed by atoms with Gasteiger partial charge in [0.2, 0.25) is 23.6 Å². The molecule has 3 aliphatic heterocycles. The molecule has 23 heteroatoms. The topological polar surface area (TPSA) is 255 Å². The molecule has 2 aromatic heterocycles. The molecule has 19 nitrogen and oxygen atoms in total. The van der Waals surface area contributed by atoms with Crippen molar-refractivity contribution in [3.63, 3.8) is 0 Å². The fraction of sp³-hybridized carbons (Fsp3) is 0.538. The van der Waals surface area contributed by atoms with Crippen LogP contribution in [0.25, 0.3) is 10.4 Å². The Hall–Kier alpha value is -5.65. The van der Waals surface area contributed by atoms with E-state index in [-0.39, 0.29) is 67.5 Å². The number of alkyl halides is 1. The predicted octanol–water partition coefficient (Wildman–Crippen LogP) is 5.02. The molecule has 5 amide bonds. The highest BCUT2D eigenvalue weighted by molar-refractivity contribution is 7.99. The van der Waals surface area contributed by atoms with Gasteiger partial charge in [-0.2, -0.15) is 0 Å². The van der Waals surface area contributed by atoms with Crippen LogP contribution in [-0.4, -0.2) is 154 Å². The third-order valence-electron chi connectivity index (χ3n) is 14.6. The molecule has 1 saturated carbocycles. The van der Waals surface area contributed by atoms with Gasteiger partial charge in [0.05, 0.1) is 39.1 Å². The number of β-amino-alcohol motifs (C(OH)–C–C–N with tert-alkyl or cyclic N) is 1. The average molecular weight is 1090 g/mol. The maximum atomic E-state index is 14.7. The van der Waals surface area contributed by atoms with Crippen molar-refractivity contribution in [2.24, 2.45) is 16.6 Å². The van der Waals surface area contributed by atoms with Crippen molar-refractivity contribution in [3.05, 3.63) is 64.4 Å². The SMILES string of the molecule is Cc1ncsc1-c1ccc(CNC(=O)[C@@H]2C[C@@H](O)CN2C(=O)[C@@H](NC(=O)C2(F)CC2)C(C)(C)C)c(OCCN2CCN(C(=O)CC(=O)Nc3cccc(Sc4ncc(N5CCC(C)(CN)CC5)nc4N)c3Cl)CC2)c1. The summed E-state index contributed by atoms with van der Waals surface area (Å²) in [6.07, 6.45) is 2.46. The maximum absolute atomic E-state index is 14.7. The number of likely N-dealkylation sites (tertiary alicyclic amines) is 1. The van der Waals surface area contributed by atoms with Gasteiger partial charge in [0.25, 0.3) is 5.91 Å². The minimum atomic E-state index is -1.99. The third kappa shape index (κ3) is 13.5. The molecule has 0 bridgehead atoms. The van der Waals surface area contributed by atoms with Crippen molar-refractivity contribution in [2.45, 2.75) is 113 Å². The first-order valence-corrected chi connectivity index (χ1v) is 27.5. The van der Waals surface area contributed by atoms with Crippen LogP contribution >= 0.6 is 34.7 Å². The van der Waals surface area contributed by atoms with Crippen LogP contribution in [0.2, 0.25) is 5.02 Å². The molecule has 2 aromatic carbocycles. The largest absolute Gasteiger partial charge is 0.492 e. The molecule has 4 fully saturated rings. The van der Waals surface area contributed by atoms with Crippen molar-refractivity contribution in [1.29, 1.82) is 0 Å². The van der Waals surface area contributed by atoms with Gasteiger partial charge in [-0.3, -0.25) is 28.9 Å². The highest BCUT2D eigenvalue weighted by atomic mass is 35.5. The van der Waals surface area contributed by atoms with Crippen LogP contribution in [0.1, 0.15) is 77.5 Å². The number of nitrogens with two attached hydrogens (primary N) is 2. The van der Waals surface area contributed by atoms with E-state index in [1.54, 1.807) is 55.6 Å². The number of hydrogen-bond acceptors (Lipinski definition) is 16. The number of anilines is 3. The molecule has 0 unspecified atom stereocenters. The lowest BCUT2D eigenvalue weighted by Gasteiger charge is -2.39. The lowest BCUT2D eigenvalue weighted by atomic mass is 9.80. The molecule has 4 aliphatic rings. The second-order valence-electron chi connectivity index (χ2n) is 21.4. The number of benzene rings is 2. The number of aromatic nitrogens is 3. The van der Waals surface area contributed by atoms with Gasteiger partial charge in [0.1, 0.15) is 41.7 Å². The van der Waals surface area contributed by atoms with Crippen molar-refractivity contribution in [1.82, 2.24) is 40.3 Å². The van der Waals surface area contributed by atoms with E-state index < -0.39 is 52.9 Å². The van der Waals surface area contributed by atoms with E-state index >= 15 is 0 Å². The van der Waals surface area contributed by atoms with Gasteiger partial charge in [-0.1, -0.05) is 69.3 Å². The second kappa shape index (κ2) is 23.3. The van der Waals surface area contributed by atoms with Gasteiger partial charge in [-0.15, -0.1) is 11.3 Å². The number of amides is 5. The quantitative estimate of drug-likeness (QED) is 0.0716. The Labute approximate surface area is 450 Å². The highest BCUT2D eigenvalue weighted by Gasteiger charge is 2.53. The van der Waals surface area contributed by atoms with Gasteiger partial charge in [-0.05, 0) is 73.7 Å². The standard InChI is InChI=1S/C52H68ClFN12O7S2/c1-31-43(74-30-59-31)32-9-10-33(26-57-46(70)36-24-34(67)28-66(36)48(71)44(50(2,3)4)62-49(72)52(54)11-12-52)37(23-32)73-22-21-63-17-19-65(20-18-63)41(69)25-40(68)60-35-7-6-8-38(42(35)53)75-47-45(56)61-39(27-58-47)64-15-13-51(5,29-55)14-16-64/h6-10,23,27,30,34,36,44,67H,11-22,24-26,28-29,55H2,1-5H3,(H2,56,61)(H,57,70)(H,60,68)(H,62,72)/t34-,36+,44-/m1/s1. The molecule has 0 radical (unpaired) electrons. The van der Waals surface area contributed by atoms with Gasteiger partial charge in [-0.25, -0.2) is 19.3 Å². The van der Waals surface area contributed by atoms with E-state index in [2.05, 4.69) is 47.6 Å². The first kappa shape index (κ1) is 55.6. The number of ether oxygens (including phenoxy) is 1. The number of piperidine rings is 1. The number of carbonyl (C=O) groups is 5. The minimum absolute atomic E-state index is 0.00305. The summed E-state index contributed by atoms with van der Waals surface area (Å²) in [5.41, 5.74) is 14.2. The lowest BCUT2D eigenvalue weighted by Crippen LogP contribution is -2.59. The van der Waals surface area contributed by atoms with E-state index in [1.165, 1.54) is 28.0 Å². The molecule has 3 saturated heterocycles. The first-order valence-electron chi connectivity index (χ1n) is 25.4. The molecule has 8 N–H and O–H groups in total. The van der Waals surface area contributed by atoms with E-state index in [4.69, 9.17) is 27.8 Å². The van der Waals surface area contributed by atoms with Crippen LogP contribution in [0.5, 0.6) is 5.75 Å². The number of thiazole rings is 1. The van der Waals surface area contributed by atoms with Crippen LogP contribution < -0.4 is 37.1 Å². The number of rotatable bonds is 18. The molecule has 1 aliphatic carbocycles. The zero-order valence-corrected chi connectivity index (χ0v) is 45.5. The number of piperazine rings is 1. The van der Waals surface area contributed by atoms with Gasteiger partial charge < -0.3 is 52.0 Å². The third-order valence-corrected chi connectivity index (χ3v) is 17.1. The number of nitrogen functional groups attached to an aromatic ring is 1. The number of nitrogens with zero attached hydrogens (tertiary/aromatic N) is 7. The summed E-state index contributed by atoms with van der Waals surface area (Å²) in [6, 6.07) is 8.79. The molecule has 404 valence electrons. The zero-order valence-electron chi connectivity index (χ0n) is 43.1. The van der Waals surface area contributed by atoms with Crippen molar-refractivity contribution in [3.8, 4) is 16.2 Å². The Morgan fingerprint density at radius 1 is 1.04 bits per heavy atom. The number of aliphatic hydroxyl groups excluding tert-OH is 1. The number of hydrogen-bond donors (Lipinski definition) is 6. The summed E-state index contributed by atoms with van der Waals surface area (Å²) < 4.78 is 21.1. The van der Waals surface area contributed by atoms with E-state index in [0.29, 0.717) is 72.0 Å². The fourth-order valence-corrected chi connectivity index (χ4v) is 11.3. The summed E-state index contributed by atoms with van der Waals surface area (Å²) >= 11 is 9.52. The molecular formula is C52H68ClFN12O7S2. The number of nitrogens with one attached hydrogen (secondary N) is 3. The maximum Gasteiger partial charge on any atom is 0.258 e. The van der Waals surface area contributed by atoms with Crippen LogP contribution in [0.3, 0.4) is 0 Å². The monoisotopic (exact) mass is 1090 g/mol. The smallest absolute Gasteiger partial charge is 0.258 e. The predicted molar refractivity (Wildman–Crippen MR) is 287 cm³/mol. The summed E-state index contributed by atoms with van der Waals surface area (Å²) in [4.78, 5) is 89.7. The molecule has 75 heavy (non-hydrogen) atoms. The van der Waals surface area contributed by atoms with Crippen LogP contribution in [-0.2, 0) is 30.5 Å². The normalized spacial score (nSPS) is 19.8. The van der Waals surface area contributed by atoms with Crippen molar-refractivity contribution in [2.75, 3.05) is 81.5 Å². The Balaban J connectivity index is 0.820. The summed E-state index contributed by atoms with van der Waals surface area (Å²) in [5.74, 6) is -1.19. The molecule has 5 heterocycles. The van der Waals surface area contributed by atoms with Crippen LogP contribution in [0, 0.1) is 17.8 Å². The van der Waals surface area contributed by atoms with Crippen molar-refractivity contribution < 1.29 is 38.2 Å². The Morgan fingerprint density at radius 3 is 2.43 bits per heavy atom. The zero-order chi connectivity index (χ0) is 53.8. The molecule has 3 atom stereocenters. The summed E-state index contributed by atoms with van der Waals surface area (Å²) in [5, 5.41) is 19.8. The summed E-state index contributed by atoms with van der Waals surface area (Å²) in [7, 11) is 0. The van der Waals surface area contributed by atoms with E-state index in [0.717, 1.165) is 42.1 Å². The van der Waals surface area contributed by atoms with E-state index in [1.807, 2.05) is 25.1 Å². The Kier molecular flexibility index (Phi) is 17.3. The molecule has 0 spiro atoms. The highest BCUT2D eigenvalue weighted by Crippen LogP contribution is 2.42. The number of carbonyl (C=O) groups excluding carboxylic acids is 5. The van der Waals surface area contributed by atoms with Gasteiger partial charge >= 0.3 is 0 Å². The Bertz CT molecular complexity index is 2760. The second-order valence-corrected chi connectivity index (χ2v) is 23.6. The number of aliphatic hydroxyl groups is 1. The molecule has 4 aromatic rings. The number of aryl methyl sites for hydroxylation is 1. The fourth-order valence-electron chi connectivity index (χ4n) is 9.41. The summed E-state index contributed by atoms with van der Waals surface area (Å²) in [6.45, 7) is 14.4. The molecular weight excluding hydrogens is 1020 g/mol. The molecule has 8 rings (SSSR count). The van der Waals surface area contributed by atoms with Gasteiger partial charge in [0.15, 0.2) is 11.5 Å². The van der Waals surface area contributed by atoms with Crippen molar-refractivity contribution >= 4 is 81.6 Å². The van der Waals surface area contributed by atoms with Crippen LogP contribution in [0.15, 0.2) is 58.0 Å². The first-order chi connectivity index (χ1) is 35.6.